The summed E-state index contributed by atoms with van der Waals surface area (Å²) in [7, 11) is 3.12. The van der Waals surface area contributed by atoms with E-state index in [1.54, 1.807) is 13.2 Å². The highest BCUT2D eigenvalue weighted by atomic mass is 79.9. The Hall–Kier alpha value is -1.37. The van der Waals surface area contributed by atoms with Gasteiger partial charge in [0.1, 0.15) is 11.9 Å². The number of esters is 1. The first kappa shape index (κ1) is 15.7. The number of carbonyl (C=O) groups excluding carboxylic acids is 1. The van der Waals surface area contributed by atoms with Crippen molar-refractivity contribution in [1.82, 2.24) is 9.97 Å². The Morgan fingerprint density at radius 3 is 2.74 bits per heavy atom. The minimum Gasteiger partial charge on any atom is -0.467 e. The Balaban J connectivity index is 2.91. The average molecular weight is 331 g/mol. The number of anilines is 2. The normalized spacial score (nSPS) is 12.1. The first-order chi connectivity index (χ1) is 8.97. The summed E-state index contributed by atoms with van der Waals surface area (Å²) in [5.74, 6) is 1.11. The van der Waals surface area contributed by atoms with Gasteiger partial charge in [-0.3, -0.25) is 0 Å². The fraction of sp³-hybridized carbons (Fsp3) is 0.583. The molecule has 1 heterocycles. The average Bonchev–Trinajstić information content (AvgIpc) is 2.38. The molecule has 1 aromatic heterocycles. The number of nitrogens with zero attached hydrogens (tertiary/aromatic N) is 2. The van der Waals surface area contributed by atoms with Gasteiger partial charge in [-0.2, -0.15) is 4.98 Å². The molecular weight excluding hydrogens is 312 g/mol. The predicted molar refractivity (Wildman–Crippen MR) is 78.2 cm³/mol. The Bertz CT molecular complexity index is 440. The van der Waals surface area contributed by atoms with Gasteiger partial charge in [0.15, 0.2) is 0 Å². The van der Waals surface area contributed by atoms with E-state index in [1.807, 2.05) is 13.8 Å². The van der Waals surface area contributed by atoms with Gasteiger partial charge in [-0.1, -0.05) is 13.8 Å². The first-order valence-corrected chi connectivity index (χ1v) is 6.81. The van der Waals surface area contributed by atoms with Gasteiger partial charge in [0, 0.05) is 13.2 Å². The molecule has 0 aliphatic carbocycles. The molecule has 1 atom stereocenters. The van der Waals surface area contributed by atoms with Crippen LogP contribution in [-0.2, 0) is 9.53 Å². The molecule has 0 aromatic carbocycles. The van der Waals surface area contributed by atoms with Crippen molar-refractivity contribution in [2.75, 3.05) is 24.8 Å². The van der Waals surface area contributed by atoms with Gasteiger partial charge in [-0.05, 0) is 28.3 Å². The summed E-state index contributed by atoms with van der Waals surface area (Å²) in [6.45, 7) is 4.09. The molecule has 0 radical (unpaired) electrons. The SMILES string of the molecule is CNc1ncc(Br)c(NC(CC(C)C)C(=O)OC)n1. The van der Waals surface area contributed by atoms with E-state index in [-0.39, 0.29) is 5.97 Å². The summed E-state index contributed by atoms with van der Waals surface area (Å²) < 4.78 is 5.50. The third kappa shape index (κ3) is 4.66. The van der Waals surface area contributed by atoms with Crippen LogP contribution >= 0.6 is 15.9 Å². The molecule has 106 valence electrons. The second-order valence-corrected chi connectivity index (χ2v) is 5.34. The molecule has 7 heteroatoms. The molecule has 0 fully saturated rings. The smallest absolute Gasteiger partial charge is 0.328 e. The second kappa shape index (κ2) is 7.28. The van der Waals surface area contributed by atoms with Gasteiger partial charge in [-0.25, -0.2) is 9.78 Å². The summed E-state index contributed by atoms with van der Waals surface area (Å²) in [6, 6.07) is -0.430. The van der Waals surface area contributed by atoms with Crippen LogP contribution in [0.15, 0.2) is 10.7 Å². The molecule has 0 saturated heterocycles. The highest BCUT2D eigenvalue weighted by Gasteiger charge is 2.22. The van der Waals surface area contributed by atoms with Crippen LogP contribution in [0.25, 0.3) is 0 Å². The molecule has 1 aromatic rings. The minimum absolute atomic E-state index is 0.301. The molecule has 19 heavy (non-hydrogen) atoms. The number of rotatable bonds is 6. The van der Waals surface area contributed by atoms with Crippen LogP contribution in [0.5, 0.6) is 0 Å². The zero-order valence-electron chi connectivity index (χ0n) is 11.5. The van der Waals surface area contributed by atoms with Gasteiger partial charge in [0.05, 0.1) is 11.6 Å². The predicted octanol–water partition coefficient (Wildman–Crippen LogP) is 2.28. The van der Waals surface area contributed by atoms with Gasteiger partial charge < -0.3 is 15.4 Å². The van der Waals surface area contributed by atoms with Gasteiger partial charge in [0.25, 0.3) is 0 Å². The standard InChI is InChI=1S/C12H19BrN4O2/c1-7(2)5-9(11(18)19-4)16-10-8(13)6-15-12(14-3)17-10/h6-7,9H,5H2,1-4H3,(H2,14,15,16,17). The van der Waals surface area contributed by atoms with E-state index in [0.29, 0.717) is 28.6 Å². The number of halogens is 1. The number of hydrogen-bond donors (Lipinski definition) is 2. The van der Waals surface area contributed by atoms with Crippen molar-refractivity contribution in [3.63, 3.8) is 0 Å². The molecule has 0 aliphatic heterocycles. The third-order valence-electron chi connectivity index (χ3n) is 2.47. The van der Waals surface area contributed by atoms with Crippen molar-refractivity contribution in [1.29, 1.82) is 0 Å². The van der Waals surface area contributed by atoms with Crippen LogP contribution in [0.1, 0.15) is 20.3 Å². The molecule has 2 N–H and O–H groups in total. The quantitative estimate of drug-likeness (QED) is 0.779. The lowest BCUT2D eigenvalue weighted by atomic mass is 10.0. The number of aromatic nitrogens is 2. The zero-order valence-corrected chi connectivity index (χ0v) is 13.1. The van der Waals surface area contributed by atoms with Gasteiger partial charge in [0.2, 0.25) is 5.95 Å². The first-order valence-electron chi connectivity index (χ1n) is 6.02. The van der Waals surface area contributed by atoms with Crippen molar-refractivity contribution < 1.29 is 9.53 Å². The molecule has 1 unspecified atom stereocenters. The van der Waals surface area contributed by atoms with E-state index in [2.05, 4.69) is 36.5 Å². The minimum atomic E-state index is -0.430. The van der Waals surface area contributed by atoms with Crippen LogP contribution in [-0.4, -0.2) is 36.1 Å². The summed E-state index contributed by atoms with van der Waals surface area (Å²) in [5.41, 5.74) is 0. The molecule has 0 aliphatic rings. The number of nitrogens with one attached hydrogen (secondary N) is 2. The van der Waals surface area contributed by atoms with Crippen molar-refractivity contribution in [3.05, 3.63) is 10.7 Å². The molecular formula is C12H19BrN4O2. The molecule has 6 nitrogen and oxygen atoms in total. The maximum absolute atomic E-state index is 11.8. The summed E-state index contributed by atoms with van der Waals surface area (Å²) in [5, 5.41) is 5.94. The van der Waals surface area contributed by atoms with E-state index in [4.69, 9.17) is 4.74 Å². The number of ether oxygens (including phenoxy) is 1. The van der Waals surface area contributed by atoms with E-state index in [1.165, 1.54) is 7.11 Å². The van der Waals surface area contributed by atoms with E-state index < -0.39 is 6.04 Å². The Kier molecular flexibility index (Phi) is 6.01. The molecule has 0 bridgehead atoms. The van der Waals surface area contributed by atoms with Gasteiger partial charge in [-0.15, -0.1) is 0 Å². The summed E-state index contributed by atoms with van der Waals surface area (Å²) in [4.78, 5) is 20.1. The van der Waals surface area contributed by atoms with E-state index >= 15 is 0 Å². The van der Waals surface area contributed by atoms with Crippen molar-refractivity contribution in [3.8, 4) is 0 Å². The largest absolute Gasteiger partial charge is 0.467 e. The van der Waals surface area contributed by atoms with Crippen LogP contribution in [0.4, 0.5) is 11.8 Å². The molecule has 0 saturated carbocycles. The van der Waals surface area contributed by atoms with Crippen molar-refractivity contribution in [2.45, 2.75) is 26.3 Å². The maximum atomic E-state index is 11.8. The lowest BCUT2D eigenvalue weighted by Gasteiger charge is -2.19. The van der Waals surface area contributed by atoms with E-state index in [0.717, 1.165) is 0 Å². The second-order valence-electron chi connectivity index (χ2n) is 4.49. The fourth-order valence-corrected chi connectivity index (χ4v) is 1.89. The maximum Gasteiger partial charge on any atom is 0.328 e. The lowest BCUT2D eigenvalue weighted by molar-refractivity contribution is -0.141. The number of methoxy groups -OCH3 is 1. The molecule has 0 spiro atoms. The van der Waals surface area contributed by atoms with E-state index in [9.17, 15) is 4.79 Å². The van der Waals surface area contributed by atoms with Gasteiger partial charge >= 0.3 is 5.97 Å². The van der Waals surface area contributed by atoms with Crippen molar-refractivity contribution in [2.24, 2.45) is 5.92 Å². The lowest BCUT2D eigenvalue weighted by Crippen LogP contribution is -2.32. The molecule has 0 amide bonds. The van der Waals surface area contributed by atoms with Crippen LogP contribution in [0, 0.1) is 5.92 Å². The Morgan fingerprint density at radius 2 is 2.21 bits per heavy atom. The van der Waals surface area contributed by atoms with Crippen molar-refractivity contribution >= 4 is 33.7 Å². The highest BCUT2D eigenvalue weighted by molar-refractivity contribution is 9.10. The fourth-order valence-electron chi connectivity index (χ4n) is 1.58. The topological polar surface area (TPSA) is 76.1 Å². The monoisotopic (exact) mass is 330 g/mol. The zero-order chi connectivity index (χ0) is 14.4. The molecule has 1 rings (SSSR count). The summed E-state index contributed by atoms with van der Waals surface area (Å²) in [6.07, 6.45) is 2.29. The van der Waals surface area contributed by atoms with Crippen LogP contribution in [0.3, 0.4) is 0 Å². The summed E-state index contributed by atoms with van der Waals surface area (Å²) >= 11 is 3.36. The Morgan fingerprint density at radius 1 is 1.53 bits per heavy atom. The highest BCUT2D eigenvalue weighted by Crippen LogP contribution is 2.22. The van der Waals surface area contributed by atoms with Crippen LogP contribution < -0.4 is 10.6 Å². The number of hydrogen-bond acceptors (Lipinski definition) is 6. The van der Waals surface area contributed by atoms with Crippen LogP contribution in [0.2, 0.25) is 0 Å². The number of carbonyl (C=O) groups is 1. The Labute approximate surface area is 121 Å². The third-order valence-corrected chi connectivity index (χ3v) is 3.05.